The first kappa shape index (κ1) is 26.2. The van der Waals surface area contributed by atoms with E-state index in [0.717, 1.165) is 96.3 Å². The second-order valence-corrected chi connectivity index (χ2v) is 12.8. The Morgan fingerprint density at radius 1 is 0.974 bits per heavy atom. The number of nitrogens with one attached hydrogen (secondary N) is 1. The van der Waals surface area contributed by atoms with Crippen LogP contribution in [0.5, 0.6) is 5.75 Å². The normalized spacial score (nSPS) is 25.3. The van der Waals surface area contributed by atoms with Gasteiger partial charge in [0.2, 0.25) is 5.43 Å². The number of pyridine rings is 1. The van der Waals surface area contributed by atoms with Gasteiger partial charge in [0, 0.05) is 23.7 Å². The summed E-state index contributed by atoms with van der Waals surface area (Å²) < 4.78 is 7.70. The zero-order valence-corrected chi connectivity index (χ0v) is 23.9. The number of unbranched alkanes of at least 4 members (excludes halogenated alkanes) is 2. The number of carbonyl (C=O) groups excluding carboxylic acids is 1. The Kier molecular flexibility index (Phi) is 6.81. The van der Waals surface area contributed by atoms with Crippen molar-refractivity contribution in [3.05, 3.63) is 63.4 Å². The molecule has 0 aliphatic heterocycles. The molecule has 0 atom stereocenters. The Morgan fingerprint density at radius 2 is 1.62 bits per heavy atom. The quantitative estimate of drug-likeness (QED) is 0.316. The highest BCUT2D eigenvalue weighted by atomic mass is 16.5. The molecule has 3 aromatic rings. The van der Waals surface area contributed by atoms with Gasteiger partial charge in [-0.15, -0.1) is 0 Å². The molecule has 4 fully saturated rings. The molecule has 0 unspecified atom stereocenters. The number of rotatable bonds is 8. The summed E-state index contributed by atoms with van der Waals surface area (Å²) in [6.07, 6.45) is 12.3. The molecular formula is C34H42N2O3. The van der Waals surface area contributed by atoms with Crippen LogP contribution in [0.3, 0.4) is 0 Å². The molecule has 39 heavy (non-hydrogen) atoms. The van der Waals surface area contributed by atoms with Crippen LogP contribution >= 0.6 is 0 Å². The standard InChI is InChI=1S/C34H42N2O3/c1-5-6-7-10-36-20-29(33(38)35-34-17-23-13-24(18-34)15-25(14-23)19-34)31(37)28-16-26(8-9-30(28)36)27-11-21(2)32(39-4)22(3)12-27/h8-9,11-12,16,20,23-25H,5-7,10,13-15,17-19H2,1-4H3,(H,35,38). The fourth-order valence-corrected chi connectivity index (χ4v) is 8.47. The lowest BCUT2D eigenvalue weighted by Crippen LogP contribution is -2.60. The summed E-state index contributed by atoms with van der Waals surface area (Å²) in [5, 5.41) is 4.07. The molecule has 1 heterocycles. The first-order chi connectivity index (χ1) is 18.8. The molecule has 0 spiro atoms. The van der Waals surface area contributed by atoms with Gasteiger partial charge in [0.1, 0.15) is 11.3 Å². The van der Waals surface area contributed by atoms with E-state index in [-0.39, 0.29) is 22.4 Å². The van der Waals surface area contributed by atoms with Gasteiger partial charge in [0.05, 0.1) is 12.6 Å². The minimum absolute atomic E-state index is 0.125. The molecule has 5 nitrogen and oxygen atoms in total. The van der Waals surface area contributed by atoms with Crippen LogP contribution in [-0.2, 0) is 6.54 Å². The van der Waals surface area contributed by atoms with Crippen LogP contribution in [0, 0.1) is 31.6 Å². The minimum atomic E-state index is -0.186. The molecule has 7 rings (SSSR count). The lowest BCUT2D eigenvalue weighted by molar-refractivity contribution is -0.0167. The fourth-order valence-electron chi connectivity index (χ4n) is 8.47. The van der Waals surface area contributed by atoms with Crippen molar-refractivity contribution in [2.24, 2.45) is 17.8 Å². The summed E-state index contributed by atoms with van der Waals surface area (Å²) in [4.78, 5) is 27.8. The Bertz CT molecular complexity index is 1430. The topological polar surface area (TPSA) is 60.3 Å². The van der Waals surface area contributed by atoms with E-state index in [9.17, 15) is 9.59 Å². The SMILES string of the molecule is CCCCCn1cc(C(=O)NC23CC4CC(CC(C4)C2)C3)c(=O)c2cc(-c3cc(C)c(OC)c(C)c3)ccc21. The van der Waals surface area contributed by atoms with Crippen molar-refractivity contribution in [1.29, 1.82) is 0 Å². The van der Waals surface area contributed by atoms with Gasteiger partial charge in [0.25, 0.3) is 5.91 Å². The average molecular weight is 527 g/mol. The Labute approximate surface area is 232 Å². The summed E-state index contributed by atoms with van der Waals surface area (Å²) in [7, 11) is 1.70. The fraction of sp³-hybridized carbons (Fsp3) is 0.529. The number of nitrogens with zero attached hydrogens (tertiary/aromatic N) is 1. The summed E-state index contributed by atoms with van der Waals surface area (Å²) >= 11 is 0. The Morgan fingerprint density at radius 3 is 2.21 bits per heavy atom. The number of ether oxygens (including phenoxy) is 1. The third-order valence-electron chi connectivity index (χ3n) is 9.74. The maximum absolute atomic E-state index is 14.0. The number of carbonyl (C=O) groups is 1. The first-order valence-electron chi connectivity index (χ1n) is 14.9. The number of fused-ring (bicyclic) bond motifs is 1. The smallest absolute Gasteiger partial charge is 0.257 e. The van der Waals surface area contributed by atoms with Crippen molar-refractivity contribution in [1.82, 2.24) is 9.88 Å². The third kappa shape index (κ3) is 4.79. The second-order valence-electron chi connectivity index (χ2n) is 12.8. The summed E-state index contributed by atoms with van der Waals surface area (Å²) in [5.74, 6) is 2.91. The van der Waals surface area contributed by atoms with Crippen molar-refractivity contribution in [2.75, 3.05) is 7.11 Å². The Hall–Kier alpha value is -3.08. The molecule has 4 bridgehead atoms. The number of methoxy groups -OCH3 is 1. The van der Waals surface area contributed by atoms with E-state index in [0.29, 0.717) is 5.39 Å². The van der Waals surface area contributed by atoms with Crippen molar-refractivity contribution in [3.63, 3.8) is 0 Å². The number of hydrogen-bond donors (Lipinski definition) is 1. The van der Waals surface area contributed by atoms with Gasteiger partial charge in [-0.1, -0.05) is 25.8 Å². The van der Waals surface area contributed by atoms with Gasteiger partial charge < -0.3 is 14.6 Å². The molecule has 5 heteroatoms. The van der Waals surface area contributed by atoms with Crippen molar-refractivity contribution in [3.8, 4) is 16.9 Å². The predicted molar refractivity (Wildman–Crippen MR) is 158 cm³/mol. The van der Waals surface area contributed by atoms with Crippen LogP contribution in [0.15, 0.2) is 41.3 Å². The van der Waals surface area contributed by atoms with E-state index in [1.54, 1.807) is 7.11 Å². The van der Waals surface area contributed by atoms with Crippen molar-refractivity contribution >= 4 is 16.8 Å². The summed E-state index contributed by atoms with van der Waals surface area (Å²) in [6.45, 7) is 7.08. The van der Waals surface area contributed by atoms with Gasteiger partial charge in [-0.2, -0.15) is 0 Å². The molecular weight excluding hydrogens is 484 g/mol. The largest absolute Gasteiger partial charge is 0.496 e. The highest BCUT2D eigenvalue weighted by Crippen LogP contribution is 2.55. The van der Waals surface area contributed by atoms with Gasteiger partial charge in [-0.05, 0) is 123 Å². The molecule has 0 saturated heterocycles. The number of hydrogen-bond acceptors (Lipinski definition) is 3. The summed E-state index contributed by atoms with van der Waals surface area (Å²) in [5.41, 5.74) is 5.05. The molecule has 4 aliphatic carbocycles. The molecule has 1 amide bonds. The minimum Gasteiger partial charge on any atom is -0.496 e. The number of aromatic nitrogens is 1. The van der Waals surface area contributed by atoms with E-state index < -0.39 is 0 Å². The van der Waals surface area contributed by atoms with Crippen LogP contribution in [0.25, 0.3) is 22.0 Å². The van der Waals surface area contributed by atoms with E-state index in [4.69, 9.17) is 4.74 Å². The molecule has 2 aromatic carbocycles. The van der Waals surface area contributed by atoms with Crippen LogP contribution in [0.4, 0.5) is 0 Å². The van der Waals surface area contributed by atoms with Crippen molar-refractivity contribution < 1.29 is 9.53 Å². The van der Waals surface area contributed by atoms with Crippen LogP contribution in [-0.4, -0.2) is 23.1 Å². The number of benzene rings is 2. The van der Waals surface area contributed by atoms with Gasteiger partial charge in [-0.3, -0.25) is 9.59 Å². The molecule has 1 N–H and O–H groups in total. The van der Waals surface area contributed by atoms with Gasteiger partial charge in [-0.25, -0.2) is 0 Å². The van der Waals surface area contributed by atoms with E-state index in [2.05, 4.69) is 35.0 Å². The maximum atomic E-state index is 14.0. The van der Waals surface area contributed by atoms with E-state index in [1.807, 2.05) is 32.2 Å². The zero-order valence-electron chi connectivity index (χ0n) is 23.9. The van der Waals surface area contributed by atoms with Crippen molar-refractivity contribution in [2.45, 2.75) is 90.6 Å². The number of amides is 1. The highest BCUT2D eigenvalue weighted by molar-refractivity contribution is 5.98. The monoisotopic (exact) mass is 526 g/mol. The van der Waals surface area contributed by atoms with Gasteiger partial charge in [0.15, 0.2) is 0 Å². The zero-order chi connectivity index (χ0) is 27.3. The van der Waals surface area contributed by atoms with Crippen LogP contribution < -0.4 is 15.5 Å². The lowest BCUT2D eigenvalue weighted by atomic mass is 9.53. The van der Waals surface area contributed by atoms with Crippen LogP contribution in [0.2, 0.25) is 0 Å². The van der Waals surface area contributed by atoms with E-state index in [1.165, 1.54) is 19.3 Å². The Balaban J connectivity index is 1.40. The molecule has 0 radical (unpaired) electrons. The predicted octanol–water partition coefficient (Wildman–Crippen LogP) is 7.18. The first-order valence-corrected chi connectivity index (χ1v) is 14.9. The summed E-state index contributed by atoms with van der Waals surface area (Å²) in [6, 6.07) is 10.3. The molecule has 4 aliphatic rings. The highest BCUT2D eigenvalue weighted by Gasteiger charge is 2.51. The average Bonchev–Trinajstić information content (AvgIpc) is 2.88. The molecule has 206 valence electrons. The number of aryl methyl sites for hydroxylation is 3. The molecule has 4 saturated carbocycles. The van der Waals surface area contributed by atoms with E-state index >= 15 is 0 Å². The molecule has 1 aromatic heterocycles. The van der Waals surface area contributed by atoms with Crippen LogP contribution in [0.1, 0.15) is 86.2 Å². The maximum Gasteiger partial charge on any atom is 0.257 e. The second kappa shape index (κ2) is 10.1. The lowest BCUT2D eigenvalue weighted by Gasteiger charge is -2.56. The third-order valence-corrected chi connectivity index (χ3v) is 9.74. The van der Waals surface area contributed by atoms with Gasteiger partial charge >= 0.3 is 0 Å².